The molecule has 1 amide bonds. The highest BCUT2D eigenvalue weighted by molar-refractivity contribution is 7.89. The van der Waals surface area contributed by atoms with Gasteiger partial charge < -0.3 is 5.32 Å². The van der Waals surface area contributed by atoms with Gasteiger partial charge >= 0.3 is 0 Å². The van der Waals surface area contributed by atoms with Crippen LogP contribution in [0.25, 0.3) is 0 Å². The summed E-state index contributed by atoms with van der Waals surface area (Å²) in [6.45, 7) is 8.49. The van der Waals surface area contributed by atoms with Gasteiger partial charge in [0.2, 0.25) is 15.9 Å². The molecule has 2 aromatic carbocycles. The van der Waals surface area contributed by atoms with Crippen LogP contribution >= 0.6 is 0 Å². The van der Waals surface area contributed by atoms with Gasteiger partial charge in [-0.15, -0.1) is 0 Å². The van der Waals surface area contributed by atoms with E-state index in [1.54, 1.807) is 6.07 Å². The van der Waals surface area contributed by atoms with Crippen LogP contribution in [-0.2, 0) is 14.8 Å². The van der Waals surface area contributed by atoms with Crippen LogP contribution < -0.4 is 5.32 Å². The smallest absolute Gasteiger partial charge is 0.243 e. The number of amides is 1. The number of carbonyl (C=O) groups excluding carboxylic acids is 1. The number of nitrogens with zero attached hydrogens (tertiary/aromatic N) is 1. The van der Waals surface area contributed by atoms with E-state index in [1.165, 1.54) is 4.31 Å². The maximum atomic E-state index is 13.0. The van der Waals surface area contributed by atoms with Crippen molar-refractivity contribution in [1.82, 2.24) is 4.31 Å². The number of anilines is 1. The molecule has 1 aliphatic heterocycles. The summed E-state index contributed by atoms with van der Waals surface area (Å²) in [6, 6.07) is 11.3. The van der Waals surface area contributed by atoms with Crippen LogP contribution in [0.15, 0.2) is 41.3 Å². The maximum Gasteiger partial charge on any atom is 0.243 e. The Morgan fingerprint density at radius 2 is 1.54 bits per heavy atom. The first kappa shape index (κ1) is 20.6. The molecule has 1 heterocycles. The zero-order valence-corrected chi connectivity index (χ0v) is 17.8. The molecule has 150 valence electrons. The van der Waals surface area contributed by atoms with E-state index in [0.29, 0.717) is 30.8 Å². The summed E-state index contributed by atoms with van der Waals surface area (Å²) in [7, 11) is -3.53. The van der Waals surface area contributed by atoms with Gasteiger partial charge in [0, 0.05) is 24.7 Å². The van der Waals surface area contributed by atoms with Crippen molar-refractivity contribution in [3.8, 4) is 0 Å². The average molecular weight is 401 g/mol. The molecule has 2 aromatic rings. The van der Waals surface area contributed by atoms with Gasteiger partial charge in [-0.1, -0.05) is 23.8 Å². The van der Waals surface area contributed by atoms with Crippen LogP contribution in [0.4, 0.5) is 5.69 Å². The predicted octanol–water partition coefficient (Wildman–Crippen LogP) is 3.96. The van der Waals surface area contributed by atoms with Gasteiger partial charge in [-0.2, -0.15) is 4.31 Å². The molecule has 6 heteroatoms. The van der Waals surface area contributed by atoms with Crippen molar-refractivity contribution in [2.45, 2.75) is 45.4 Å². The highest BCUT2D eigenvalue weighted by atomic mass is 32.2. The largest absolute Gasteiger partial charge is 0.326 e. The zero-order chi connectivity index (χ0) is 20.5. The van der Waals surface area contributed by atoms with Crippen molar-refractivity contribution in [2.24, 2.45) is 5.92 Å². The summed E-state index contributed by atoms with van der Waals surface area (Å²) in [6.07, 6.45) is 1.06. The van der Waals surface area contributed by atoms with Gasteiger partial charge in [0.1, 0.15) is 0 Å². The Hall–Kier alpha value is -2.18. The van der Waals surface area contributed by atoms with Gasteiger partial charge in [-0.25, -0.2) is 8.42 Å². The molecular formula is C22H28N2O3S. The predicted molar refractivity (Wildman–Crippen MR) is 112 cm³/mol. The lowest BCUT2D eigenvalue weighted by Gasteiger charge is -2.31. The molecule has 0 spiro atoms. The van der Waals surface area contributed by atoms with Crippen molar-refractivity contribution < 1.29 is 13.2 Å². The summed E-state index contributed by atoms with van der Waals surface area (Å²) < 4.78 is 27.5. The fraction of sp³-hybridized carbons (Fsp3) is 0.409. The Bertz CT molecular complexity index is 971. The van der Waals surface area contributed by atoms with Gasteiger partial charge in [0.05, 0.1) is 4.90 Å². The molecule has 0 aromatic heterocycles. The van der Waals surface area contributed by atoms with Crippen LogP contribution in [-0.4, -0.2) is 31.7 Å². The summed E-state index contributed by atoms with van der Waals surface area (Å²) in [5.74, 6) is -0.208. The lowest BCUT2D eigenvalue weighted by atomic mass is 9.97. The zero-order valence-electron chi connectivity index (χ0n) is 17.0. The normalized spacial score (nSPS) is 16.1. The molecule has 0 atom stereocenters. The number of hydrogen-bond acceptors (Lipinski definition) is 3. The molecule has 0 saturated carbocycles. The van der Waals surface area contributed by atoms with E-state index in [0.717, 1.165) is 27.9 Å². The molecule has 0 aliphatic carbocycles. The third-order valence-electron chi connectivity index (χ3n) is 5.26. The molecule has 0 unspecified atom stereocenters. The molecule has 3 rings (SSSR count). The maximum absolute atomic E-state index is 13.0. The highest BCUT2D eigenvalue weighted by Gasteiger charge is 2.32. The Balaban J connectivity index is 1.65. The van der Waals surface area contributed by atoms with Gasteiger partial charge in [-0.3, -0.25) is 4.79 Å². The fourth-order valence-corrected chi connectivity index (χ4v) is 5.55. The SMILES string of the molecule is Cc1cc(C)cc(NC(=O)C2CCN(S(=O)(=O)c3ccc(C)cc3C)CC2)c1. The number of sulfonamides is 1. The second kappa shape index (κ2) is 8.05. The lowest BCUT2D eigenvalue weighted by molar-refractivity contribution is -0.120. The molecule has 0 radical (unpaired) electrons. The van der Waals surface area contributed by atoms with Crippen molar-refractivity contribution in [3.63, 3.8) is 0 Å². The van der Waals surface area contributed by atoms with E-state index in [9.17, 15) is 13.2 Å². The van der Waals surface area contributed by atoms with E-state index < -0.39 is 10.0 Å². The molecule has 0 bridgehead atoms. The molecular weight excluding hydrogens is 372 g/mol. The number of carbonyl (C=O) groups is 1. The van der Waals surface area contributed by atoms with Gasteiger partial charge in [0.25, 0.3) is 0 Å². The molecule has 5 nitrogen and oxygen atoms in total. The van der Waals surface area contributed by atoms with Gasteiger partial charge in [0.15, 0.2) is 0 Å². The van der Waals surface area contributed by atoms with E-state index in [-0.39, 0.29) is 11.8 Å². The average Bonchev–Trinajstić information content (AvgIpc) is 2.60. The Kier molecular flexibility index (Phi) is 5.91. The van der Waals surface area contributed by atoms with Gasteiger partial charge in [-0.05, 0) is 75.4 Å². The van der Waals surface area contributed by atoms with Crippen LogP contribution in [0.2, 0.25) is 0 Å². The van der Waals surface area contributed by atoms with E-state index in [2.05, 4.69) is 11.4 Å². The molecule has 28 heavy (non-hydrogen) atoms. The first-order valence-electron chi connectivity index (χ1n) is 9.63. The highest BCUT2D eigenvalue weighted by Crippen LogP contribution is 2.27. The standard InChI is InChI=1S/C22H28N2O3S/c1-15-5-6-21(18(4)12-15)28(26,27)24-9-7-19(8-10-24)22(25)23-20-13-16(2)11-17(3)14-20/h5-6,11-14,19H,7-10H2,1-4H3,(H,23,25). The van der Waals surface area contributed by atoms with Crippen molar-refractivity contribution in [3.05, 3.63) is 58.7 Å². The Morgan fingerprint density at radius 1 is 0.929 bits per heavy atom. The molecule has 1 aliphatic rings. The molecule has 1 N–H and O–H groups in total. The van der Waals surface area contributed by atoms with Crippen LogP contribution in [0.5, 0.6) is 0 Å². The second-order valence-corrected chi connectivity index (χ2v) is 9.72. The number of piperidine rings is 1. The van der Waals surface area contributed by atoms with Crippen LogP contribution in [0.3, 0.4) is 0 Å². The number of rotatable bonds is 4. The van der Waals surface area contributed by atoms with E-state index in [1.807, 2.05) is 52.0 Å². The molecule has 1 saturated heterocycles. The second-order valence-electron chi connectivity index (χ2n) is 7.81. The quantitative estimate of drug-likeness (QED) is 0.845. The minimum absolute atomic E-state index is 0.0337. The summed E-state index contributed by atoms with van der Waals surface area (Å²) in [5, 5.41) is 2.99. The third kappa shape index (κ3) is 4.45. The topological polar surface area (TPSA) is 66.5 Å². The Morgan fingerprint density at radius 3 is 2.11 bits per heavy atom. The Labute approximate surface area is 167 Å². The number of hydrogen-bond donors (Lipinski definition) is 1. The van der Waals surface area contributed by atoms with Crippen molar-refractivity contribution >= 4 is 21.6 Å². The monoisotopic (exact) mass is 400 g/mol. The van der Waals surface area contributed by atoms with Crippen molar-refractivity contribution in [2.75, 3.05) is 18.4 Å². The molecule has 1 fully saturated rings. The minimum Gasteiger partial charge on any atom is -0.326 e. The number of nitrogens with one attached hydrogen (secondary N) is 1. The van der Waals surface area contributed by atoms with Crippen LogP contribution in [0, 0.1) is 33.6 Å². The fourth-order valence-electron chi connectivity index (χ4n) is 3.88. The van der Waals surface area contributed by atoms with E-state index in [4.69, 9.17) is 0 Å². The number of aryl methyl sites for hydroxylation is 4. The third-order valence-corrected chi connectivity index (χ3v) is 7.32. The lowest BCUT2D eigenvalue weighted by Crippen LogP contribution is -2.41. The summed E-state index contributed by atoms with van der Waals surface area (Å²) in [4.78, 5) is 13.0. The van der Waals surface area contributed by atoms with Crippen molar-refractivity contribution in [1.29, 1.82) is 0 Å². The minimum atomic E-state index is -3.53. The number of benzene rings is 2. The summed E-state index contributed by atoms with van der Waals surface area (Å²) in [5.41, 5.74) is 4.80. The van der Waals surface area contributed by atoms with Crippen LogP contribution in [0.1, 0.15) is 35.1 Å². The first-order chi connectivity index (χ1) is 13.2. The first-order valence-corrected chi connectivity index (χ1v) is 11.1. The van der Waals surface area contributed by atoms with E-state index >= 15 is 0 Å². The summed E-state index contributed by atoms with van der Waals surface area (Å²) >= 11 is 0.